The fraction of sp³-hybridized carbons (Fsp3) is 0.350. The minimum atomic E-state index is -0.236. The van der Waals surface area contributed by atoms with Crippen LogP contribution in [-0.2, 0) is 0 Å². The highest BCUT2D eigenvalue weighted by atomic mass is 79.9. The Morgan fingerprint density at radius 3 is 2.56 bits per heavy atom. The van der Waals surface area contributed by atoms with Crippen LogP contribution in [-0.4, -0.2) is 32.8 Å². The lowest BCUT2D eigenvalue weighted by Crippen LogP contribution is -2.27. The molecule has 0 unspecified atom stereocenters. The third kappa shape index (κ3) is 4.30. The van der Waals surface area contributed by atoms with Crippen LogP contribution in [0.1, 0.15) is 35.8 Å². The normalized spacial score (nSPS) is 13.6. The molecular formula is C20H22BrNO5. The summed E-state index contributed by atoms with van der Waals surface area (Å²) in [6.45, 7) is 5.34. The summed E-state index contributed by atoms with van der Waals surface area (Å²) in [5.74, 6) is 2.32. The van der Waals surface area contributed by atoms with Gasteiger partial charge in [-0.15, -0.1) is 0 Å². The van der Waals surface area contributed by atoms with Crippen LogP contribution in [0.5, 0.6) is 23.0 Å². The first-order valence-electron chi connectivity index (χ1n) is 8.74. The zero-order valence-corrected chi connectivity index (χ0v) is 17.1. The Labute approximate surface area is 166 Å². The van der Waals surface area contributed by atoms with Crippen LogP contribution in [0.4, 0.5) is 0 Å². The van der Waals surface area contributed by atoms with E-state index in [1.807, 2.05) is 26.0 Å². The van der Waals surface area contributed by atoms with Crippen molar-refractivity contribution in [1.82, 2.24) is 5.32 Å². The molecule has 6 nitrogen and oxygen atoms in total. The van der Waals surface area contributed by atoms with Crippen LogP contribution in [0.15, 0.2) is 34.8 Å². The van der Waals surface area contributed by atoms with Crippen molar-refractivity contribution in [2.75, 3.05) is 26.9 Å². The van der Waals surface area contributed by atoms with Crippen LogP contribution in [0, 0.1) is 0 Å². The minimum absolute atomic E-state index is 0.201. The Kier molecular flexibility index (Phi) is 6.11. The molecule has 1 heterocycles. The van der Waals surface area contributed by atoms with E-state index in [1.165, 1.54) is 0 Å². The molecule has 0 aromatic heterocycles. The van der Waals surface area contributed by atoms with Gasteiger partial charge in [-0.3, -0.25) is 4.79 Å². The molecule has 2 aromatic carbocycles. The van der Waals surface area contributed by atoms with Gasteiger partial charge < -0.3 is 24.3 Å². The molecule has 1 atom stereocenters. The van der Waals surface area contributed by atoms with Crippen molar-refractivity contribution in [3.63, 3.8) is 0 Å². The highest BCUT2D eigenvalue weighted by molar-refractivity contribution is 9.10. The quantitative estimate of drug-likeness (QED) is 0.738. The molecule has 0 saturated heterocycles. The van der Waals surface area contributed by atoms with Crippen molar-refractivity contribution in [3.05, 3.63) is 45.9 Å². The van der Waals surface area contributed by atoms with Crippen molar-refractivity contribution in [1.29, 1.82) is 0 Å². The van der Waals surface area contributed by atoms with E-state index in [9.17, 15) is 4.79 Å². The Hall–Kier alpha value is -2.41. The lowest BCUT2D eigenvalue weighted by Gasteiger charge is -2.22. The number of carbonyl (C=O) groups excluding carboxylic acids is 1. The highest BCUT2D eigenvalue weighted by Gasteiger charge is 2.20. The summed E-state index contributed by atoms with van der Waals surface area (Å²) in [5, 5.41) is 3.01. The first-order chi connectivity index (χ1) is 13.0. The van der Waals surface area contributed by atoms with Gasteiger partial charge in [0.15, 0.2) is 23.0 Å². The Bertz CT molecular complexity index is 839. The molecule has 0 fully saturated rings. The molecule has 27 heavy (non-hydrogen) atoms. The average Bonchev–Trinajstić information content (AvgIpc) is 2.67. The summed E-state index contributed by atoms with van der Waals surface area (Å²) in [6.07, 6.45) is 0. The monoisotopic (exact) mass is 435 g/mol. The second-order valence-electron chi connectivity index (χ2n) is 6.01. The van der Waals surface area contributed by atoms with Gasteiger partial charge in [0, 0.05) is 10.0 Å². The standard InChI is InChI=1S/C20H22BrNO5/c1-4-25-17-9-13(5-6-16(17)24-3)20(23)22-12(2)14-10-18-19(11-15(14)21)27-8-7-26-18/h5-6,9-12H,4,7-8H2,1-3H3,(H,22,23)/t12-/m0/s1. The average molecular weight is 436 g/mol. The van der Waals surface area contributed by atoms with E-state index in [1.54, 1.807) is 25.3 Å². The van der Waals surface area contributed by atoms with Gasteiger partial charge in [0.05, 0.1) is 19.8 Å². The van der Waals surface area contributed by atoms with Gasteiger partial charge >= 0.3 is 0 Å². The summed E-state index contributed by atoms with van der Waals surface area (Å²) in [4.78, 5) is 12.7. The number of fused-ring (bicyclic) bond motifs is 1. The number of benzene rings is 2. The number of methoxy groups -OCH3 is 1. The molecule has 3 rings (SSSR count). The number of amides is 1. The maximum Gasteiger partial charge on any atom is 0.251 e. The molecule has 0 saturated carbocycles. The highest BCUT2D eigenvalue weighted by Crippen LogP contribution is 2.38. The topological polar surface area (TPSA) is 66.0 Å². The summed E-state index contributed by atoms with van der Waals surface area (Å²) in [6, 6.07) is 8.65. The second kappa shape index (κ2) is 8.52. The number of nitrogens with one attached hydrogen (secondary N) is 1. The molecule has 0 spiro atoms. The molecule has 0 radical (unpaired) electrons. The Morgan fingerprint density at radius 1 is 1.19 bits per heavy atom. The van der Waals surface area contributed by atoms with Crippen molar-refractivity contribution in [2.45, 2.75) is 19.9 Å². The fourth-order valence-corrected chi connectivity index (χ4v) is 3.52. The predicted molar refractivity (Wildman–Crippen MR) is 105 cm³/mol. The van der Waals surface area contributed by atoms with Crippen molar-refractivity contribution in [3.8, 4) is 23.0 Å². The molecule has 7 heteroatoms. The van der Waals surface area contributed by atoms with Crippen LogP contribution in [0.25, 0.3) is 0 Å². The maximum atomic E-state index is 12.7. The first kappa shape index (κ1) is 19.4. The van der Waals surface area contributed by atoms with E-state index < -0.39 is 0 Å². The lowest BCUT2D eigenvalue weighted by molar-refractivity contribution is 0.0939. The number of rotatable bonds is 6. The summed E-state index contributed by atoms with van der Waals surface area (Å²) in [7, 11) is 1.57. The molecule has 0 bridgehead atoms. The SMILES string of the molecule is CCOc1cc(C(=O)N[C@@H](C)c2cc3c(cc2Br)OCCO3)ccc1OC. The fourth-order valence-electron chi connectivity index (χ4n) is 2.86. The molecule has 2 aromatic rings. The Morgan fingerprint density at radius 2 is 1.89 bits per heavy atom. The van der Waals surface area contributed by atoms with Crippen LogP contribution < -0.4 is 24.3 Å². The molecule has 1 amide bonds. The number of carbonyl (C=O) groups is 1. The molecule has 0 aliphatic carbocycles. The number of hydrogen-bond donors (Lipinski definition) is 1. The number of ether oxygens (including phenoxy) is 4. The van der Waals surface area contributed by atoms with E-state index in [4.69, 9.17) is 18.9 Å². The zero-order valence-electron chi connectivity index (χ0n) is 15.5. The van der Waals surface area contributed by atoms with E-state index in [-0.39, 0.29) is 11.9 Å². The van der Waals surface area contributed by atoms with Crippen LogP contribution in [0.3, 0.4) is 0 Å². The zero-order chi connectivity index (χ0) is 19.4. The molecule has 144 valence electrons. The van der Waals surface area contributed by atoms with Crippen molar-refractivity contribution in [2.24, 2.45) is 0 Å². The smallest absolute Gasteiger partial charge is 0.251 e. The van der Waals surface area contributed by atoms with E-state index in [2.05, 4.69) is 21.2 Å². The third-order valence-corrected chi connectivity index (χ3v) is 4.89. The van der Waals surface area contributed by atoms with Gasteiger partial charge in [-0.2, -0.15) is 0 Å². The van der Waals surface area contributed by atoms with Gasteiger partial charge in [-0.25, -0.2) is 0 Å². The van der Waals surface area contributed by atoms with Gasteiger partial charge in [-0.1, -0.05) is 15.9 Å². The molecule has 1 aliphatic rings. The summed E-state index contributed by atoms with van der Waals surface area (Å²) < 4.78 is 22.9. The predicted octanol–water partition coefficient (Wildman–Crippen LogP) is 4.12. The molecular weight excluding hydrogens is 414 g/mol. The van der Waals surface area contributed by atoms with Gasteiger partial charge in [0.25, 0.3) is 5.91 Å². The molecule has 1 N–H and O–H groups in total. The third-order valence-electron chi connectivity index (χ3n) is 4.20. The van der Waals surface area contributed by atoms with E-state index in [0.717, 1.165) is 10.0 Å². The van der Waals surface area contributed by atoms with Crippen molar-refractivity contribution >= 4 is 21.8 Å². The van der Waals surface area contributed by atoms with Gasteiger partial charge in [-0.05, 0) is 49.7 Å². The van der Waals surface area contributed by atoms with E-state index >= 15 is 0 Å². The van der Waals surface area contributed by atoms with Gasteiger partial charge in [0.1, 0.15) is 13.2 Å². The Balaban J connectivity index is 1.79. The first-order valence-corrected chi connectivity index (χ1v) is 9.53. The lowest BCUT2D eigenvalue weighted by atomic mass is 10.1. The second-order valence-corrected chi connectivity index (χ2v) is 6.87. The van der Waals surface area contributed by atoms with Crippen molar-refractivity contribution < 1.29 is 23.7 Å². The van der Waals surface area contributed by atoms with E-state index in [0.29, 0.717) is 48.4 Å². The summed E-state index contributed by atoms with van der Waals surface area (Å²) >= 11 is 3.55. The number of hydrogen-bond acceptors (Lipinski definition) is 5. The van der Waals surface area contributed by atoms with Gasteiger partial charge in [0.2, 0.25) is 0 Å². The molecule has 1 aliphatic heterocycles. The largest absolute Gasteiger partial charge is 0.493 e. The minimum Gasteiger partial charge on any atom is -0.493 e. The maximum absolute atomic E-state index is 12.7. The van der Waals surface area contributed by atoms with Crippen LogP contribution >= 0.6 is 15.9 Å². The van der Waals surface area contributed by atoms with Crippen LogP contribution in [0.2, 0.25) is 0 Å². The summed E-state index contributed by atoms with van der Waals surface area (Å²) in [5.41, 5.74) is 1.41. The number of halogens is 1.